The lowest BCUT2D eigenvalue weighted by molar-refractivity contribution is 0.0812. The van der Waals surface area contributed by atoms with Crippen molar-refractivity contribution in [1.82, 2.24) is 0 Å². The Bertz CT molecular complexity index is 378. The van der Waals surface area contributed by atoms with Gasteiger partial charge in [0.2, 0.25) is 0 Å². The van der Waals surface area contributed by atoms with Gasteiger partial charge < -0.3 is 9.84 Å². The first kappa shape index (κ1) is 12.8. The molecule has 2 rings (SSSR count). The molecule has 1 fully saturated rings. The zero-order chi connectivity index (χ0) is 12.3. The average Bonchev–Trinajstić information content (AvgIpc) is 2.78. The second-order valence-electron chi connectivity index (χ2n) is 4.39. The van der Waals surface area contributed by atoms with Crippen molar-refractivity contribution in [2.24, 2.45) is 0 Å². The van der Waals surface area contributed by atoms with E-state index in [1.54, 1.807) is 0 Å². The Labute approximate surface area is 105 Å². The highest BCUT2D eigenvalue weighted by atomic mass is 35.5. The number of ether oxygens (including phenoxy) is 1. The van der Waals surface area contributed by atoms with Crippen LogP contribution in [0.15, 0.2) is 18.2 Å². The van der Waals surface area contributed by atoms with E-state index in [0.717, 1.165) is 25.9 Å². The van der Waals surface area contributed by atoms with Crippen LogP contribution in [0, 0.1) is 5.82 Å². The zero-order valence-corrected chi connectivity index (χ0v) is 10.3. The van der Waals surface area contributed by atoms with E-state index in [-0.39, 0.29) is 16.9 Å². The first-order valence-electron chi connectivity index (χ1n) is 5.91. The SMILES string of the molecule is OC(CCC1CCCO1)c1ccc(F)cc1Cl. The summed E-state index contributed by atoms with van der Waals surface area (Å²) >= 11 is 5.89. The van der Waals surface area contributed by atoms with E-state index in [4.69, 9.17) is 16.3 Å². The molecule has 2 unspecified atom stereocenters. The molecule has 0 aromatic heterocycles. The molecule has 1 aliphatic rings. The number of halogens is 2. The van der Waals surface area contributed by atoms with Gasteiger partial charge in [-0.15, -0.1) is 0 Å². The third kappa shape index (κ3) is 3.41. The van der Waals surface area contributed by atoms with Crippen LogP contribution in [0.4, 0.5) is 4.39 Å². The minimum atomic E-state index is -0.646. The first-order chi connectivity index (χ1) is 8.16. The lowest BCUT2D eigenvalue weighted by Crippen LogP contribution is -2.08. The van der Waals surface area contributed by atoms with Crippen LogP contribution in [-0.2, 0) is 4.74 Å². The van der Waals surface area contributed by atoms with Crippen LogP contribution in [0.25, 0.3) is 0 Å². The second kappa shape index (κ2) is 5.80. The van der Waals surface area contributed by atoms with Gasteiger partial charge in [0.1, 0.15) is 5.82 Å². The molecule has 1 aliphatic heterocycles. The lowest BCUT2D eigenvalue weighted by Gasteiger charge is -2.15. The molecule has 0 amide bonds. The maximum atomic E-state index is 12.9. The number of aliphatic hydroxyl groups excluding tert-OH is 1. The van der Waals surface area contributed by atoms with Crippen LogP contribution < -0.4 is 0 Å². The van der Waals surface area contributed by atoms with Crippen molar-refractivity contribution in [3.8, 4) is 0 Å². The normalized spacial score (nSPS) is 21.7. The summed E-state index contributed by atoms with van der Waals surface area (Å²) in [6.45, 7) is 0.818. The Morgan fingerprint density at radius 3 is 3.00 bits per heavy atom. The molecule has 1 aromatic carbocycles. The molecule has 0 bridgehead atoms. The molecule has 0 aliphatic carbocycles. The Balaban J connectivity index is 1.91. The molecule has 0 saturated carbocycles. The van der Waals surface area contributed by atoms with Gasteiger partial charge in [0, 0.05) is 11.6 Å². The maximum absolute atomic E-state index is 12.9. The van der Waals surface area contributed by atoms with E-state index in [0.29, 0.717) is 12.0 Å². The molecule has 0 spiro atoms. The Morgan fingerprint density at radius 2 is 2.35 bits per heavy atom. The molecule has 1 saturated heterocycles. The van der Waals surface area contributed by atoms with Gasteiger partial charge in [-0.25, -0.2) is 4.39 Å². The van der Waals surface area contributed by atoms with Gasteiger partial charge in [0.15, 0.2) is 0 Å². The second-order valence-corrected chi connectivity index (χ2v) is 4.80. The predicted molar refractivity (Wildman–Crippen MR) is 64.6 cm³/mol. The predicted octanol–water partition coefficient (Wildman–Crippen LogP) is 3.47. The van der Waals surface area contributed by atoms with E-state index in [1.807, 2.05) is 0 Å². The van der Waals surface area contributed by atoms with Crippen molar-refractivity contribution >= 4 is 11.6 Å². The Morgan fingerprint density at radius 1 is 1.53 bits per heavy atom. The molecule has 1 aromatic rings. The Hall–Kier alpha value is -0.640. The summed E-state index contributed by atoms with van der Waals surface area (Å²) in [7, 11) is 0. The van der Waals surface area contributed by atoms with Crippen LogP contribution in [-0.4, -0.2) is 17.8 Å². The minimum Gasteiger partial charge on any atom is -0.388 e. The molecule has 2 nitrogen and oxygen atoms in total. The van der Waals surface area contributed by atoms with Crippen molar-refractivity contribution in [2.75, 3.05) is 6.61 Å². The summed E-state index contributed by atoms with van der Waals surface area (Å²) in [6.07, 6.45) is 3.17. The van der Waals surface area contributed by atoms with Crippen molar-refractivity contribution in [1.29, 1.82) is 0 Å². The summed E-state index contributed by atoms with van der Waals surface area (Å²) in [4.78, 5) is 0. The molecule has 17 heavy (non-hydrogen) atoms. The van der Waals surface area contributed by atoms with Crippen molar-refractivity contribution in [3.63, 3.8) is 0 Å². The van der Waals surface area contributed by atoms with Gasteiger partial charge in [-0.3, -0.25) is 0 Å². The van der Waals surface area contributed by atoms with E-state index in [1.165, 1.54) is 18.2 Å². The standard InChI is InChI=1S/C13H16ClFO2/c14-12-8-9(15)3-5-11(12)13(16)6-4-10-2-1-7-17-10/h3,5,8,10,13,16H,1-2,4,6-7H2. The van der Waals surface area contributed by atoms with Gasteiger partial charge in [-0.1, -0.05) is 17.7 Å². The smallest absolute Gasteiger partial charge is 0.124 e. The average molecular weight is 259 g/mol. The zero-order valence-electron chi connectivity index (χ0n) is 9.53. The number of hydrogen-bond donors (Lipinski definition) is 1. The van der Waals surface area contributed by atoms with Gasteiger partial charge in [-0.2, -0.15) is 0 Å². The highest BCUT2D eigenvalue weighted by Crippen LogP contribution is 2.28. The van der Waals surface area contributed by atoms with E-state index in [2.05, 4.69) is 0 Å². The fourth-order valence-electron chi connectivity index (χ4n) is 2.14. The Kier molecular flexibility index (Phi) is 4.37. The van der Waals surface area contributed by atoms with Gasteiger partial charge in [0.05, 0.1) is 12.2 Å². The fourth-order valence-corrected chi connectivity index (χ4v) is 2.44. The molecule has 4 heteroatoms. The fraction of sp³-hybridized carbons (Fsp3) is 0.538. The molecule has 0 radical (unpaired) electrons. The van der Waals surface area contributed by atoms with E-state index < -0.39 is 6.10 Å². The van der Waals surface area contributed by atoms with Crippen LogP contribution >= 0.6 is 11.6 Å². The van der Waals surface area contributed by atoms with Crippen molar-refractivity contribution in [2.45, 2.75) is 37.9 Å². The topological polar surface area (TPSA) is 29.5 Å². The van der Waals surface area contributed by atoms with Crippen LogP contribution in [0.1, 0.15) is 37.4 Å². The first-order valence-corrected chi connectivity index (χ1v) is 6.29. The molecular weight excluding hydrogens is 243 g/mol. The minimum absolute atomic E-state index is 0.254. The number of aliphatic hydroxyl groups is 1. The summed E-state index contributed by atoms with van der Waals surface area (Å²) in [6, 6.07) is 4.08. The quantitative estimate of drug-likeness (QED) is 0.896. The van der Waals surface area contributed by atoms with Crippen LogP contribution in [0.2, 0.25) is 5.02 Å². The summed E-state index contributed by atoms with van der Waals surface area (Å²) in [5.41, 5.74) is 0.589. The number of hydrogen-bond acceptors (Lipinski definition) is 2. The molecule has 94 valence electrons. The van der Waals surface area contributed by atoms with Crippen LogP contribution in [0.5, 0.6) is 0 Å². The number of benzene rings is 1. The monoisotopic (exact) mass is 258 g/mol. The molecule has 2 atom stereocenters. The largest absolute Gasteiger partial charge is 0.388 e. The van der Waals surface area contributed by atoms with E-state index >= 15 is 0 Å². The van der Waals surface area contributed by atoms with E-state index in [9.17, 15) is 9.50 Å². The molecule has 1 heterocycles. The summed E-state index contributed by atoms with van der Waals surface area (Å²) in [5.74, 6) is -0.384. The van der Waals surface area contributed by atoms with Crippen LogP contribution in [0.3, 0.4) is 0 Å². The van der Waals surface area contributed by atoms with Gasteiger partial charge in [-0.05, 0) is 43.4 Å². The van der Waals surface area contributed by atoms with Gasteiger partial charge >= 0.3 is 0 Å². The lowest BCUT2D eigenvalue weighted by atomic mass is 10.0. The van der Waals surface area contributed by atoms with Crippen molar-refractivity contribution < 1.29 is 14.2 Å². The highest BCUT2D eigenvalue weighted by Gasteiger charge is 2.18. The molecule has 1 N–H and O–H groups in total. The summed E-state index contributed by atoms with van der Waals surface area (Å²) < 4.78 is 18.3. The third-order valence-electron chi connectivity index (χ3n) is 3.11. The number of rotatable bonds is 4. The third-order valence-corrected chi connectivity index (χ3v) is 3.43. The molecular formula is C13H16ClFO2. The summed E-state index contributed by atoms with van der Waals surface area (Å²) in [5, 5.41) is 10.3. The van der Waals surface area contributed by atoms with Crippen molar-refractivity contribution in [3.05, 3.63) is 34.6 Å². The van der Waals surface area contributed by atoms with Gasteiger partial charge in [0.25, 0.3) is 0 Å². The maximum Gasteiger partial charge on any atom is 0.124 e. The highest BCUT2D eigenvalue weighted by molar-refractivity contribution is 6.31.